The number of halogens is 1. The van der Waals surface area contributed by atoms with E-state index < -0.39 is 0 Å². The lowest BCUT2D eigenvalue weighted by Crippen LogP contribution is -2.26. The Morgan fingerprint density at radius 3 is 3.10 bits per heavy atom. The van der Waals surface area contributed by atoms with Gasteiger partial charge in [-0.3, -0.25) is 0 Å². The summed E-state index contributed by atoms with van der Waals surface area (Å²) in [4.78, 5) is 0. The number of fused-ring (bicyclic) bond motifs is 2. The molecule has 0 unspecified atom stereocenters. The predicted molar refractivity (Wildman–Crippen MR) is 81.4 cm³/mol. The van der Waals surface area contributed by atoms with Gasteiger partial charge in [0.05, 0.1) is 11.0 Å². The molecule has 2 aliphatic rings. The first-order valence-corrected chi connectivity index (χ1v) is 8.03. The average molecular weight is 305 g/mol. The molecular formula is C14H13ClN4S. The molecule has 4 nitrogen and oxygen atoms in total. The van der Waals surface area contributed by atoms with Crippen molar-refractivity contribution in [3.8, 4) is 11.4 Å². The van der Waals surface area contributed by atoms with E-state index in [0.717, 1.165) is 23.0 Å². The van der Waals surface area contributed by atoms with Crippen molar-refractivity contribution in [3.05, 3.63) is 29.3 Å². The van der Waals surface area contributed by atoms with Crippen LogP contribution in [0.1, 0.15) is 25.7 Å². The van der Waals surface area contributed by atoms with Crippen molar-refractivity contribution in [2.45, 2.75) is 36.1 Å². The summed E-state index contributed by atoms with van der Waals surface area (Å²) in [6, 6.07) is 7.67. The van der Waals surface area contributed by atoms with Gasteiger partial charge in [0, 0.05) is 10.6 Å². The van der Waals surface area contributed by atoms with Crippen LogP contribution >= 0.6 is 23.4 Å². The topological polar surface area (TPSA) is 43.1 Å². The van der Waals surface area contributed by atoms with Crippen LogP contribution < -0.4 is 0 Å². The number of nitrogens with zero attached hydrogens (tertiary/aromatic N) is 4. The van der Waals surface area contributed by atoms with Gasteiger partial charge in [0.1, 0.15) is 0 Å². The second-order valence-corrected chi connectivity index (χ2v) is 6.68. The smallest absolute Gasteiger partial charge is 0.187 e. The van der Waals surface area contributed by atoms with Gasteiger partial charge in [-0.15, -0.1) is 10.2 Å². The highest BCUT2D eigenvalue weighted by atomic mass is 35.5. The standard InChI is InChI=1S/C14H13ClN4S/c15-10-5-3-4-9(8-10)13-16-17-14-19(13)18-11-6-1-2-7-12(11)20-14/h3-5,8,12H,1-2,6-7H2/t12-/m0/s1. The predicted octanol–water partition coefficient (Wildman–Crippen LogP) is 3.85. The molecule has 20 heavy (non-hydrogen) atoms. The van der Waals surface area contributed by atoms with Gasteiger partial charge < -0.3 is 0 Å². The fourth-order valence-electron chi connectivity index (χ4n) is 2.70. The number of thioether (sulfide) groups is 1. The van der Waals surface area contributed by atoms with Gasteiger partial charge in [0.15, 0.2) is 5.82 Å². The maximum Gasteiger partial charge on any atom is 0.213 e. The van der Waals surface area contributed by atoms with Gasteiger partial charge in [0.25, 0.3) is 0 Å². The van der Waals surface area contributed by atoms with Gasteiger partial charge in [0.2, 0.25) is 5.16 Å². The largest absolute Gasteiger partial charge is 0.213 e. The van der Waals surface area contributed by atoms with E-state index in [1.165, 1.54) is 25.0 Å². The Labute approximate surface area is 126 Å². The quantitative estimate of drug-likeness (QED) is 0.803. The second kappa shape index (κ2) is 4.90. The van der Waals surface area contributed by atoms with Crippen molar-refractivity contribution in [3.63, 3.8) is 0 Å². The van der Waals surface area contributed by atoms with Crippen LogP contribution in [0.4, 0.5) is 0 Å². The molecule has 0 spiro atoms. The zero-order chi connectivity index (χ0) is 13.5. The summed E-state index contributed by atoms with van der Waals surface area (Å²) in [6.07, 6.45) is 4.80. The molecule has 2 heterocycles. The first-order chi connectivity index (χ1) is 9.81. The molecule has 1 fully saturated rings. The Hall–Kier alpha value is -1.33. The zero-order valence-corrected chi connectivity index (χ0v) is 12.4. The van der Waals surface area contributed by atoms with Crippen LogP contribution in [0.2, 0.25) is 5.02 Å². The number of aromatic nitrogens is 3. The minimum absolute atomic E-state index is 0.493. The Morgan fingerprint density at radius 2 is 2.20 bits per heavy atom. The molecule has 1 aromatic carbocycles. The Morgan fingerprint density at radius 1 is 1.25 bits per heavy atom. The van der Waals surface area contributed by atoms with E-state index in [2.05, 4.69) is 10.2 Å². The Kier molecular flexibility index (Phi) is 3.04. The lowest BCUT2D eigenvalue weighted by atomic mass is 9.98. The van der Waals surface area contributed by atoms with E-state index in [4.69, 9.17) is 16.7 Å². The van der Waals surface area contributed by atoms with E-state index in [0.29, 0.717) is 10.3 Å². The molecule has 0 saturated heterocycles. The molecule has 6 heteroatoms. The molecule has 1 atom stereocenters. The molecule has 102 valence electrons. The van der Waals surface area contributed by atoms with E-state index in [1.54, 1.807) is 11.8 Å². The molecular weight excluding hydrogens is 292 g/mol. The van der Waals surface area contributed by atoms with Crippen LogP contribution in [0.25, 0.3) is 11.4 Å². The third-order valence-corrected chi connectivity index (χ3v) is 5.18. The molecule has 4 rings (SSSR count). The van der Waals surface area contributed by atoms with Gasteiger partial charge in [-0.1, -0.05) is 41.9 Å². The summed E-state index contributed by atoms with van der Waals surface area (Å²) in [5.74, 6) is 0.770. The van der Waals surface area contributed by atoms with E-state index in [-0.39, 0.29) is 0 Å². The number of hydrogen-bond acceptors (Lipinski definition) is 4. The molecule has 0 amide bonds. The van der Waals surface area contributed by atoms with Crippen LogP contribution in [-0.4, -0.2) is 25.8 Å². The summed E-state index contributed by atoms with van der Waals surface area (Å²) in [7, 11) is 0. The fourth-order valence-corrected chi connectivity index (χ4v) is 4.04. The Bertz CT molecular complexity index is 694. The van der Waals surface area contributed by atoms with E-state index in [1.807, 2.05) is 28.9 Å². The van der Waals surface area contributed by atoms with Crippen molar-refractivity contribution < 1.29 is 0 Å². The molecule has 1 aliphatic heterocycles. The van der Waals surface area contributed by atoms with Gasteiger partial charge in [-0.05, 0) is 31.4 Å². The highest BCUT2D eigenvalue weighted by molar-refractivity contribution is 8.00. The van der Waals surface area contributed by atoms with Crippen molar-refractivity contribution in [1.82, 2.24) is 14.9 Å². The van der Waals surface area contributed by atoms with E-state index in [9.17, 15) is 0 Å². The lowest BCUT2D eigenvalue weighted by molar-refractivity contribution is 0.642. The average Bonchev–Trinajstić information content (AvgIpc) is 2.87. The van der Waals surface area contributed by atoms with E-state index >= 15 is 0 Å². The number of rotatable bonds is 1. The third kappa shape index (κ3) is 2.05. The van der Waals surface area contributed by atoms with Crippen molar-refractivity contribution in [2.75, 3.05) is 0 Å². The third-order valence-electron chi connectivity index (χ3n) is 3.69. The normalized spacial score (nSPS) is 21.1. The second-order valence-electron chi connectivity index (χ2n) is 5.07. The first kappa shape index (κ1) is 12.4. The molecule has 1 saturated carbocycles. The van der Waals surface area contributed by atoms with Crippen LogP contribution in [0, 0.1) is 0 Å². The van der Waals surface area contributed by atoms with Crippen LogP contribution in [0.15, 0.2) is 34.5 Å². The number of benzene rings is 1. The Balaban J connectivity index is 1.80. The maximum atomic E-state index is 6.06. The summed E-state index contributed by atoms with van der Waals surface area (Å²) >= 11 is 7.84. The van der Waals surface area contributed by atoms with Crippen LogP contribution in [0.5, 0.6) is 0 Å². The first-order valence-electron chi connectivity index (χ1n) is 6.77. The highest BCUT2D eigenvalue weighted by Gasteiger charge is 2.29. The summed E-state index contributed by atoms with van der Waals surface area (Å²) in [5.41, 5.74) is 2.23. The molecule has 1 aliphatic carbocycles. The summed E-state index contributed by atoms with van der Waals surface area (Å²) in [5, 5.41) is 15.4. The van der Waals surface area contributed by atoms with Crippen molar-refractivity contribution in [1.29, 1.82) is 0 Å². The summed E-state index contributed by atoms with van der Waals surface area (Å²) in [6.45, 7) is 0. The minimum atomic E-state index is 0.493. The zero-order valence-electron chi connectivity index (χ0n) is 10.8. The van der Waals surface area contributed by atoms with Crippen LogP contribution in [0.3, 0.4) is 0 Å². The molecule has 0 N–H and O–H groups in total. The molecule has 0 bridgehead atoms. The minimum Gasteiger partial charge on any atom is -0.187 e. The van der Waals surface area contributed by atoms with Gasteiger partial charge in [-0.2, -0.15) is 9.78 Å². The molecule has 0 radical (unpaired) electrons. The SMILES string of the molecule is Clc1cccc(-c2nnc3n2N=C2CCCC[C@@H]2S3)c1. The molecule has 2 aromatic rings. The fraction of sp³-hybridized carbons (Fsp3) is 0.357. The van der Waals surface area contributed by atoms with Crippen molar-refractivity contribution >= 4 is 29.1 Å². The van der Waals surface area contributed by atoms with Gasteiger partial charge in [-0.25, -0.2) is 0 Å². The monoisotopic (exact) mass is 304 g/mol. The maximum absolute atomic E-state index is 6.06. The van der Waals surface area contributed by atoms with Crippen molar-refractivity contribution in [2.24, 2.45) is 5.10 Å². The van der Waals surface area contributed by atoms with Gasteiger partial charge >= 0.3 is 0 Å². The highest BCUT2D eigenvalue weighted by Crippen LogP contribution is 2.37. The molecule has 1 aromatic heterocycles. The van der Waals surface area contributed by atoms with Crippen LogP contribution in [-0.2, 0) is 0 Å². The number of hydrogen-bond donors (Lipinski definition) is 0. The summed E-state index contributed by atoms with van der Waals surface area (Å²) < 4.78 is 1.87. The lowest BCUT2D eigenvalue weighted by Gasteiger charge is -2.26.